The molecule has 0 N–H and O–H groups in total. The predicted molar refractivity (Wildman–Crippen MR) is 77.3 cm³/mol. The van der Waals surface area contributed by atoms with E-state index in [1.807, 2.05) is 0 Å². The Bertz CT molecular complexity index is 313. The standard InChI is InChI=1S/C14H28O4Si/c1-11(15)16-10-12-8-9-17-19(18-12,13(2,3)4)14(5,6)7/h12H,8-10H2,1-7H3. The van der Waals surface area contributed by atoms with E-state index >= 15 is 0 Å². The number of hydrogen-bond donors (Lipinski definition) is 0. The van der Waals surface area contributed by atoms with Gasteiger partial charge in [-0.3, -0.25) is 4.79 Å². The van der Waals surface area contributed by atoms with Gasteiger partial charge in [-0.1, -0.05) is 41.5 Å². The van der Waals surface area contributed by atoms with Crippen molar-refractivity contribution in [3.63, 3.8) is 0 Å². The highest BCUT2D eigenvalue weighted by molar-refractivity contribution is 6.73. The third kappa shape index (κ3) is 3.58. The lowest BCUT2D eigenvalue weighted by Crippen LogP contribution is -2.62. The van der Waals surface area contributed by atoms with E-state index in [1.165, 1.54) is 6.92 Å². The number of ether oxygens (including phenoxy) is 1. The Morgan fingerprint density at radius 2 is 1.74 bits per heavy atom. The molecule has 0 aliphatic carbocycles. The summed E-state index contributed by atoms with van der Waals surface area (Å²) in [5.41, 5.74) is 0. The Labute approximate surface area is 118 Å². The molecule has 1 aliphatic heterocycles. The van der Waals surface area contributed by atoms with Crippen LogP contribution in [-0.2, 0) is 18.4 Å². The molecule has 1 atom stereocenters. The molecule has 1 fully saturated rings. The Hall–Kier alpha value is -0.393. The molecular weight excluding hydrogens is 260 g/mol. The lowest BCUT2D eigenvalue weighted by Gasteiger charge is -2.52. The summed E-state index contributed by atoms with van der Waals surface area (Å²) in [6.45, 7) is 15.5. The maximum atomic E-state index is 10.9. The average molecular weight is 288 g/mol. The fourth-order valence-corrected chi connectivity index (χ4v) is 7.85. The summed E-state index contributed by atoms with van der Waals surface area (Å²) in [6.07, 6.45) is 0.747. The molecule has 0 aromatic carbocycles. The quantitative estimate of drug-likeness (QED) is 0.577. The molecular formula is C14H28O4Si. The van der Waals surface area contributed by atoms with Crippen LogP contribution < -0.4 is 0 Å². The Morgan fingerprint density at radius 1 is 1.21 bits per heavy atom. The summed E-state index contributed by atoms with van der Waals surface area (Å²) in [7, 11) is -2.41. The predicted octanol–water partition coefficient (Wildman–Crippen LogP) is 3.40. The SMILES string of the molecule is CC(=O)OCC1CCO[Si](C(C)(C)C)(C(C)(C)C)O1. The lowest BCUT2D eigenvalue weighted by molar-refractivity contribution is -0.145. The first-order chi connectivity index (χ1) is 8.49. The van der Waals surface area contributed by atoms with E-state index in [0.717, 1.165) is 6.42 Å². The van der Waals surface area contributed by atoms with Gasteiger partial charge >= 0.3 is 14.5 Å². The monoisotopic (exact) mass is 288 g/mol. The zero-order valence-corrected chi connectivity index (χ0v) is 14.3. The fraction of sp³-hybridized carbons (Fsp3) is 0.929. The topological polar surface area (TPSA) is 44.8 Å². The van der Waals surface area contributed by atoms with Crippen LogP contribution in [0.15, 0.2) is 0 Å². The van der Waals surface area contributed by atoms with Gasteiger partial charge in [0.1, 0.15) is 6.61 Å². The number of esters is 1. The van der Waals surface area contributed by atoms with Crippen molar-refractivity contribution in [3.8, 4) is 0 Å². The van der Waals surface area contributed by atoms with E-state index < -0.39 is 8.56 Å². The third-order valence-electron chi connectivity index (χ3n) is 3.53. The van der Waals surface area contributed by atoms with Gasteiger partial charge in [0.05, 0.1) is 6.10 Å². The second-order valence-electron chi connectivity index (χ2n) is 7.30. The van der Waals surface area contributed by atoms with Gasteiger partial charge in [-0.05, 0) is 6.42 Å². The number of hydrogen-bond acceptors (Lipinski definition) is 4. The molecule has 0 amide bonds. The number of carbonyl (C=O) groups is 1. The summed E-state index contributed by atoms with van der Waals surface area (Å²) in [5.74, 6) is -0.256. The molecule has 1 aliphatic rings. The minimum absolute atomic E-state index is 0.0276. The van der Waals surface area contributed by atoms with Gasteiger partial charge in [-0.25, -0.2) is 0 Å². The van der Waals surface area contributed by atoms with Crippen LogP contribution in [0.3, 0.4) is 0 Å². The minimum atomic E-state index is -2.41. The van der Waals surface area contributed by atoms with Crippen LogP contribution in [0.2, 0.25) is 10.1 Å². The van der Waals surface area contributed by atoms with E-state index in [0.29, 0.717) is 13.2 Å². The van der Waals surface area contributed by atoms with E-state index in [9.17, 15) is 4.79 Å². The van der Waals surface area contributed by atoms with Crippen molar-refractivity contribution in [2.45, 2.75) is 71.1 Å². The molecule has 5 heteroatoms. The van der Waals surface area contributed by atoms with E-state index in [1.54, 1.807) is 0 Å². The van der Waals surface area contributed by atoms with E-state index in [-0.39, 0.29) is 22.1 Å². The zero-order valence-electron chi connectivity index (χ0n) is 13.3. The van der Waals surface area contributed by atoms with Crippen molar-refractivity contribution in [3.05, 3.63) is 0 Å². The van der Waals surface area contributed by atoms with Crippen molar-refractivity contribution in [2.75, 3.05) is 13.2 Å². The van der Waals surface area contributed by atoms with Crippen molar-refractivity contribution < 1.29 is 18.4 Å². The molecule has 0 saturated carbocycles. The highest BCUT2D eigenvalue weighted by Crippen LogP contribution is 2.54. The summed E-state index contributed by atoms with van der Waals surface area (Å²) in [5, 5.41) is -0.0553. The van der Waals surface area contributed by atoms with Gasteiger partial charge in [0, 0.05) is 23.6 Å². The van der Waals surface area contributed by atoms with Crippen LogP contribution >= 0.6 is 0 Å². The fourth-order valence-electron chi connectivity index (χ4n) is 2.90. The van der Waals surface area contributed by atoms with Crippen LogP contribution in [0.25, 0.3) is 0 Å². The first-order valence-electron chi connectivity index (χ1n) is 6.95. The highest BCUT2D eigenvalue weighted by atomic mass is 28.4. The number of rotatable bonds is 2. The van der Waals surface area contributed by atoms with Gasteiger partial charge < -0.3 is 13.6 Å². The third-order valence-corrected chi connectivity index (χ3v) is 8.75. The molecule has 0 radical (unpaired) electrons. The second-order valence-corrected chi connectivity index (χ2v) is 12.1. The summed E-state index contributed by atoms with van der Waals surface area (Å²) in [6, 6.07) is 0. The van der Waals surface area contributed by atoms with Crippen LogP contribution in [-0.4, -0.2) is 33.8 Å². The van der Waals surface area contributed by atoms with Gasteiger partial charge in [-0.15, -0.1) is 0 Å². The molecule has 112 valence electrons. The van der Waals surface area contributed by atoms with E-state index in [2.05, 4.69) is 41.5 Å². The maximum absolute atomic E-state index is 10.9. The molecule has 0 spiro atoms. The largest absolute Gasteiger partial charge is 0.463 e. The van der Waals surface area contributed by atoms with Crippen molar-refractivity contribution in [1.82, 2.24) is 0 Å². The molecule has 4 nitrogen and oxygen atoms in total. The summed E-state index contributed by atoms with van der Waals surface area (Å²) in [4.78, 5) is 10.9. The molecule has 1 saturated heterocycles. The summed E-state index contributed by atoms with van der Waals surface area (Å²) < 4.78 is 17.7. The smallest absolute Gasteiger partial charge is 0.349 e. The van der Waals surface area contributed by atoms with Crippen molar-refractivity contribution in [2.24, 2.45) is 0 Å². The van der Waals surface area contributed by atoms with Gasteiger partial charge in [0.15, 0.2) is 0 Å². The molecule has 0 aromatic rings. The average Bonchev–Trinajstić information content (AvgIpc) is 2.23. The first-order valence-corrected chi connectivity index (χ1v) is 8.76. The normalized spacial score (nSPS) is 24.1. The van der Waals surface area contributed by atoms with Gasteiger partial charge in [0.25, 0.3) is 0 Å². The van der Waals surface area contributed by atoms with Crippen LogP contribution in [0.4, 0.5) is 0 Å². The van der Waals surface area contributed by atoms with Gasteiger partial charge in [0.2, 0.25) is 0 Å². The van der Waals surface area contributed by atoms with Crippen molar-refractivity contribution >= 4 is 14.5 Å². The highest BCUT2D eigenvalue weighted by Gasteiger charge is 2.60. The zero-order chi connectivity index (χ0) is 14.9. The number of carbonyl (C=O) groups excluding carboxylic acids is 1. The van der Waals surface area contributed by atoms with E-state index in [4.69, 9.17) is 13.6 Å². The van der Waals surface area contributed by atoms with Crippen LogP contribution in [0.5, 0.6) is 0 Å². The lowest BCUT2D eigenvalue weighted by atomic mass is 10.2. The molecule has 0 bridgehead atoms. The first kappa shape index (κ1) is 16.7. The summed E-state index contributed by atoms with van der Waals surface area (Å²) >= 11 is 0. The second kappa shape index (κ2) is 5.54. The Balaban J connectivity index is 2.91. The molecule has 0 aromatic heterocycles. The van der Waals surface area contributed by atoms with Gasteiger partial charge in [-0.2, -0.15) is 0 Å². The van der Waals surface area contributed by atoms with Crippen LogP contribution in [0.1, 0.15) is 54.9 Å². The molecule has 1 rings (SSSR count). The molecule has 1 heterocycles. The maximum Gasteiger partial charge on any atom is 0.349 e. The molecule has 19 heavy (non-hydrogen) atoms. The van der Waals surface area contributed by atoms with Crippen molar-refractivity contribution in [1.29, 1.82) is 0 Å². The Kier molecular flexibility index (Phi) is 4.86. The minimum Gasteiger partial charge on any atom is -0.463 e. The molecule has 1 unspecified atom stereocenters. The Morgan fingerprint density at radius 3 is 2.16 bits per heavy atom. The van der Waals surface area contributed by atoms with Crippen LogP contribution in [0, 0.1) is 0 Å².